The first-order valence-electron chi connectivity index (χ1n) is 6.37. The number of nitrogens with zero attached hydrogens (tertiary/aromatic N) is 2. The highest BCUT2D eigenvalue weighted by molar-refractivity contribution is 6.31. The Morgan fingerprint density at radius 3 is 2.47 bits per heavy atom. The Kier molecular flexibility index (Phi) is 4.38. The fourth-order valence-corrected chi connectivity index (χ4v) is 2.13. The van der Waals surface area contributed by atoms with E-state index in [1.165, 1.54) is 11.1 Å². The zero-order chi connectivity index (χ0) is 13.8. The molecule has 3 nitrogen and oxygen atoms in total. The average Bonchev–Trinajstić information content (AvgIpc) is 2.38. The molecular formula is C15H18ClN3. The first-order chi connectivity index (χ1) is 9.08. The minimum atomic E-state index is 0.438. The van der Waals surface area contributed by atoms with Crippen LogP contribution in [-0.2, 0) is 6.42 Å². The second-order valence-electron chi connectivity index (χ2n) is 4.64. The molecule has 1 heterocycles. The SMILES string of the molecule is Cc1ccccc1CCNc1nc(C)c(C)nc1Cl. The van der Waals surface area contributed by atoms with Crippen LogP contribution in [0.1, 0.15) is 22.5 Å². The molecule has 0 amide bonds. The van der Waals surface area contributed by atoms with E-state index in [0.717, 1.165) is 24.4 Å². The lowest BCUT2D eigenvalue weighted by atomic mass is 10.1. The number of hydrogen-bond acceptors (Lipinski definition) is 3. The first kappa shape index (κ1) is 13.8. The van der Waals surface area contributed by atoms with Gasteiger partial charge in [0.1, 0.15) is 0 Å². The third-order valence-electron chi connectivity index (χ3n) is 3.21. The molecule has 0 bridgehead atoms. The number of nitrogens with one attached hydrogen (secondary N) is 1. The predicted molar refractivity (Wildman–Crippen MR) is 79.9 cm³/mol. The van der Waals surface area contributed by atoms with Crippen molar-refractivity contribution in [2.45, 2.75) is 27.2 Å². The van der Waals surface area contributed by atoms with Gasteiger partial charge in [-0.15, -0.1) is 0 Å². The number of halogens is 1. The highest BCUT2D eigenvalue weighted by Gasteiger charge is 2.06. The van der Waals surface area contributed by atoms with Crippen LogP contribution in [0.4, 0.5) is 5.82 Å². The van der Waals surface area contributed by atoms with Crippen LogP contribution < -0.4 is 5.32 Å². The van der Waals surface area contributed by atoms with Gasteiger partial charge < -0.3 is 5.32 Å². The maximum atomic E-state index is 6.08. The van der Waals surface area contributed by atoms with Crippen LogP contribution in [-0.4, -0.2) is 16.5 Å². The normalized spacial score (nSPS) is 10.5. The molecule has 0 saturated carbocycles. The second-order valence-corrected chi connectivity index (χ2v) is 5.00. The minimum absolute atomic E-state index is 0.438. The molecule has 2 rings (SSSR count). The van der Waals surface area contributed by atoms with Crippen molar-refractivity contribution >= 4 is 17.4 Å². The first-order valence-corrected chi connectivity index (χ1v) is 6.75. The Labute approximate surface area is 119 Å². The molecule has 100 valence electrons. The maximum Gasteiger partial charge on any atom is 0.171 e. The molecule has 0 unspecified atom stereocenters. The lowest BCUT2D eigenvalue weighted by molar-refractivity contribution is 0.970. The van der Waals surface area contributed by atoms with Crippen LogP contribution in [0.5, 0.6) is 0 Å². The molecule has 0 radical (unpaired) electrons. The van der Waals surface area contributed by atoms with Crippen molar-refractivity contribution in [1.29, 1.82) is 0 Å². The molecule has 0 saturated heterocycles. The molecule has 0 atom stereocenters. The molecule has 1 aromatic carbocycles. The van der Waals surface area contributed by atoms with Crippen molar-refractivity contribution in [1.82, 2.24) is 9.97 Å². The number of rotatable bonds is 4. The highest BCUT2D eigenvalue weighted by Crippen LogP contribution is 2.18. The number of aryl methyl sites for hydroxylation is 3. The van der Waals surface area contributed by atoms with Gasteiger partial charge in [0.05, 0.1) is 11.4 Å². The standard InChI is InChI=1S/C15H18ClN3/c1-10-6-4-5-7-13(10)8-9-17-15-14(16)18-11(2)12(3)19-15/h4-7H,8-9H2,1-3H3,(H,17,19). The van der Waals surface area contributed by atoms with Crippen LogP contribution >= 0.6 is 11.6 Å². The van der Waals surface area contributed by atoms with Crippen molar-refractivity contribution in [3.8, 4) is 0 Å². The molecule has 1 aromatic heterocycles. The fraction of sp³-hybridized carbons (Fsp3) is 0.333. The van der Waals surface area contributed by atoms with E-state index in [4.69, 9.17) is 11.6 Å². The summed E-state index contributed by atoms with van der Waals surface area (Å²) < 4.78 is 0. The van der Waals surface area contributed by atoms with Gasteiger partial charge in [-0.2, -0.15) is 0 Å². The van der Waals surface area contributed by atoms with Gasteiger partial charge in [-0.05, 0) is 38.3 Å². The summed E-state index contributed by atoms with van der Waals surface area (Å²) in [6.45, 7) is 6.76. The molecule has 19 heavy (non-hydrogen) atoms. The van der Waals surface area contributed by atoms with Crippen LogP contribution in [0.2, 0.25) is 5.15 Å². The molecule has 4 heteroatoms. The van der Waals surface area contributed by atoms with Crippen LogP contribution in [0.25, 0.3) is 0 Å². The van der Waals surface area contributed by atoms with E-state index in [2.05, 4.69) is 46.5 Å². The summed E-state index contributed by atoms with van der Waals surface area (Å²) >= 11 is 6.08. The Morgan fingerprint density at radius 1 is 1.05 bits per heavy atom. The van der Waals surface area contributed by atoms with E-state index >= 15 is 0 Å². The van der Waals surface area contributed by atoms with Crippen molar-refractivity contribution in [3.63, 3.8) is 0 Å². The molecule has 0 aliphatic rings. The van der Waals surface area contributed by atoms with Gasteiger partial charge in [-0.25, -0.2) is 9.97 Å². The number of aromatic nitrogens is 2. The largest absolute Gasteiger partial charge is 0.367 e. The van der Waals surface area contributed by atoms with Gasteiger partial charge in [0.25, 0.3) is 0 Å². The van der Waals surface area contributed by atoms with Crippen molar-refractivity contribution in [3.05, 3.63) is 51.9 Å². The lowest BCUT2D eigenvalue weighted by Gasteiger charge is -2.10. The average molecular weight is 276 g/mol. The number of benzene rings is 1. The predicted octanol–water partition coefficient (Wildman–Crippen LogP) is 3.71. The molecule has 0 fully saturated rings. The van der Waals surface area contributed by atoms with E-state index < -0.39 is 0 Å². The minimum Gasteiger partial charge on any atom is -0.367 e. The maximum absolute atomic E-state index is 6.08. The van der Waals surface area contributed by atoms with E-state index in [-0.39, 0.29) is 0 Å². The summed E-state index contributed by atoms with van der Waals surface area (Å²) in [6.07, 6.45) is 0.942. The lowest BCUT2D eigenvalue weighted by Crippen LogP contribution is -2.09. The van der Waals surface area contributed by atoms with Gasteiger partial charge in [-0.3, -0.25) is 0 Å². The fourth-order valence-electron chi connectivity index (χ4n) is 1.89. The monoisotopic (exact) mass is 275 g/mol. The topological polar surface area (TPSA) is 37.8 Å². The van der Waals surface area contributed by atoms with Gasteiger partial charge in [0.2, 0.25) is 0 Å². The van der Waals surface area contributed by atoms with Gasteiger partial charge in [0.15, 0.2) is 11.0 Å². The van der Waals surface area contributed by atoms with Crippen molar-refractivity contribution in [2.24, 2.45) is 0 Å². The second kappa shape index (κ2) is 6.02. The zero-order valence-electron chi connectivity index (χ0n) is 11.5. The van der Waals surface area contributed by atoms with Gasteiger partial charge in [-0.1, -0.05) is 35.9 Å². The van der Waals surface area contributed by atoms with E-state index in [9.17, 15) is 0 Å². The summed E-state index contributed by atoms with van der Waals surface area (Å²) in [5.41, 5.74) is 4.42. The molecule has 1 N–H and O–H groups in total. The number of hydrogen-bond donors (Lipinski definition) is 1. The Hall–Kier alpha value is -1.61. The molecule has 0 aliphatic heterocycles. The van der Waals surface area contributed by atoms with Crippen LogP contribution in [0.15, 0.2) is 24.3 Å². The Bertz CT molecular complexity index is 582. The molecule has 0 aliphatic carbocycles. The molecule has 2 aromatic rings. The zero-order valence-corrected chi connectivity index (χ0v) is 12.3. The van der Waals surface area contributed by atoms with E-state index in [1.807, 2.05) is 13.8 Å². The smallest absolute Gasteiger partial charge is 0.171 e. The quantitative estimate of drug-likeness (QED) is 0.924. The molecule has 0 spiro atoms. The number of anilines is 1. The third-order valence-corrected chi connectivity index (χ3v) is 3.48. The van der Waals surface area contributed by atoms with E-state index in [1.54, 1.807) is 0 Å². The van der Waals surface area contributed by atoms with Crippen molar-refractivity contribution in [2.75, 3.05) is 11.9 Å². The third kappa shape index (κ3) is 3.44. The summed E-state index contributed by atoms with van der Waals surface area (Å²) in [5, 5.41) is 3.69. The van der Waals surface area contributed by atoms with Gasteiger partial charge in [0, 0.05) is 6.54 Å². The summed E-state index contributed by atoms with van der Waals surface area (Å²) in [6, 6.07) is 8.38. The van der Waals surface area contributed by atoms with Crippen LogP contribution in [0.3, 0.4) is 0 Å². The highest BCUT2D eigenvalue weighted by atomic mass is 35.5. The van der Waals surface area contributed by atoms with Gasteiger partial charge >= 0.3 is 0 Å². The summed E-state index contributed by atoms with van der Waals surface area (Å²) in [4.78, 5) is 8.68. The molecular weight excluding hydrogens is 258 g/mol. The van der Waals surface area contributed by atoms with Crippen molar-refractivity contribution < 1.29 is 0 Å². The summed E-state index contributed by atoms with van der Waals surface area (Å²) in [5.74, 6) is 0.665. The Balaban J connectivity index is 2.00. The Morgan fingerprint density at radius 2 is 1.74 bits per heavy atom. The van der Waals surface area contributed by atoms with E-state index in [0.29, 0.717) is 11.0 Å². The summed E-state index contributed by atoms with van der Waals surface area (Å²) in [7, 11) is 0. The van der Waals surface area contributed by atoms with Crippen LogP contribution in [0, 0.1) is 20.8 Å².